The first kappa shape index (κ1) is 12.6. The minimum absolute atomic E-state index is 0.232. The lowest BCUT2D eigenvalue weighted by molar-refractivity contribution is 0.0773. The molecule has 2 aromatic rings. The molecule has 1 aromatic heterocycles. The van der Waals surface area contributed by atoms with Crippen LogP contribution in [0.15, 0.2) is 27.2 Å². The number of hydrogen-bond donors (Lipinski definition) is 1. The molecule has 6 heteroatoms. The molecule has 0 aliphatic carbocycles. The van der Waals surface area contributed by atoms with Gasteiger partial charge in [-0.1, -0.05) is 21.1 Å². The van der Waals surface area contributed by atoms with E-state index >= 15 is 0 Å². The Kier molecular flexibility index (Phi) is 3.52. The number of nitrogen functional groups attached to an aromatic ring is 1. The fourth-order valence-corrected chi connectivity index (χ4v) is 2.71. The largest absolute Gasteiger partial charge is 0.399 e. The highest BCUT2D eigenvalue weighted by molar-refractivity contribution is 9.10. The average molecular weight is 324 g/mol. The first-order chi connectivity index (χ1) is 9.22. The van der Waals surface area contributed by atoms with Crippen LogP contribution in [0.2, 0.25) is 0 Å². The van der Waals surface area contributed by atoms with E-state index in [1.54, 1.807) is 0 Å². The van der Waals surface area contributed by atoms with Crippen LogP contribution in [0.25, 0.3) is 11.5 Å². The third kappa shape index (κ3) is 2.79. The van der Waals surface area contributed by atoms with Crippen molar-refractivity contribution in [2.75, 3.05) is 18.9 Å². The number of nitrogens with zero attached hydrogens (tertiary/aromatic N) is 2. The van der Waals surface area contributed by atoms with Gasteiger partial charge in [-0.15, -0.1) is 0 Å². The third-order valence-electron chi connectivity index (χ3n) is 3.13. The first-order valence-corrected chi connectivity index (χ1v) is 6.99. The zero-order chi connectivity index (χ0) is 13.2. The van der Waals surface area contributed by atoms with Crippen molar-refractivity contribution in [1.29, 1.82) is 0 Å². The second-order valence-corrected chi connectivity index (χ2v) is 5.56. The van der Waals surface area contributed by atoms with Crippen molar-refractivity contribution in [2.45, 2.75) is 18.8 Å². The van der Waals surface area contributed by atoms with Gasteiger partial charge in [0.1, 0.15) is 0 Å². The van der Waals surface area contributed by atoms with E-state index in [1.165, 1.54) is 0 Å². The normalized spacial score (nSPS) is 19.5. The van der Waals surface area contributed by atoms with Crippen molar-refractivity contribution in [3.05, 3.63) is 28.5 Å². The number of benzene rings is 1. The summed E-state index contributed by atoms with van der Waals surface area (Å²) in [5, 5.41) is 4.05. The number of ether oxygens (including phenoxy) is 1. The Bertz CT molecular complexity index is 559. The quantitative estimate of drug-likeness (QED) is 0.860. The van der Waals surface area contributed by atoms with Crippen molar-refractivity contribution in [3.63, 3.8) is 0 Å². The number of hydrogen-bond acceptors (Lipinski definition) is 5. The second-order valence-electron chi connectivity index (χ2n) is 4.65. The van der Waals surface area contributed by atoms with Gasteiger partial charge in [0.25, 0.3) is 5.89 Å². The van der Waals surface area contributed by atoms with Crippen LogP contribution in [-0.4, -0.2) is 23.4 Å². The van der Waals surface area contributed by atoms with E-state index in [1.807, 2.05) is 18.2 Å². The maximum atomic E-state index is 5.81. The molecule has 2 N–H and O–H groups in total. The maximum Gasteiger partial charge on any atom is 0.258 e. The fourth-order valence-electron chi connectivity index (χ4n) is 2.20. The summed E-state index contributed by atoms with van der Waals surface area (Å²) in [6, 6.07) is 5.56. The molecule has 1 fully saturated rings. The van der Waals surface area contributed by atoms with Gasteiger partial charge in [-0.3, -0.25) is 0 Å². The Morgan fingerprint density at radius 1 is 1.32 bits per heavy atom. The minimum atomic E-state index is 0.232. The number of aromatic nitrogens is 2. The lowest BCUT2D eigenvalue weighted by Crippen LogP contribution is -2.16. The SMILES string of the molecule is Nc1cc(Br)cc(-c2nc(C3CCCOC3)no2)c1. The summed E-state index contributed by atoms with van der Waals surface area (Å²) < 4.78 is 11.7. The highest BCUT2D eigenvalue weighted by atomic mass is 79.9. The Balaban J connectivity index is 1.87. The van der Waals surface area contributed by atoms with Crippen molar-refractivity contribution in [3.8, 4) is 11.5 Å². The molecule has 0 radical (unpaired) electrons. The van der Waals surface area contributed by atoms with Crippen LogP contribution in [0.4, 0.5) is 5.69 Å². The van der Waals surface area contributed by atoms with Gasteiger partial charge in [0, 0.05) is 28.2 Å². The molecule has 2 heterocycles. The van der Waals surface area contributed by atoms with Crippen LogP contribution in [0.1, 0.15) is 24.6 Å². The molecule has 100 valence electrons. The summed E-state index contributed by atoms with van der Waals surface area (Å²) in [7, 11) is 0. The number of halogens is 1. The second kappa shape index (κ2) is 5.30. The molecule has 3 rings (SSSR count). The third-order valence-corrected chi connectivity index (χ3v) is 3.59. The molecule has 1 aliphatic rings. The lowest BCUT2D eigenvalue weighted by Gasteiger charge is -2.18. The summed E-state index contributed by atoms with van der Waals surface area (Å²) >= 11 is 3.40. The van der Waals surface area contributed by atoms with Gasteiger partial charge in [-0.2, -0.15) is 4.98 Å². The van der Waals surface area contributed by atoms with Gasteiger partial charge in [-0.05, 0) is 31.0 Å². The van der Waals surface area contributed by atoms with Crippen molar-refractivity contribution < 1.29 is 9.26 Å². The predicted molar refractivity (Wildman–Crippen MR) is 74.6 cm³/mol. The fraction of sp³-hybridized carbons (Fsp3) is 0.385. The molecule has 5 nitrogen and oxygen atoms in total. The standard InChI is InChI=1S/C13H14BrN3O2/c14-10-4-9(5-11(15)6-10)13-16-12(17-19-13)8-2-1-3-18-7-8/h4-6,8H,1-3,7,15H2. The first-order valence-electron chi connectivity index (χ1n) is 6.20. The van der Waals surface area contributed by atoms with E-state index < -0.39 is 0 Å². The molecule has 19 heavy (non-hydrogen) atoms. The molecular formula is C13H14BrN3O2. The summed E-state index contributed by atoms with van der Waals surface area (Å²) in [5.74, 6) is 1.44. The highest BCUT2D eigenvalue weighted by Gasteiger charge is 2.22. The molecule has 0 saturated carbocycles. The van der Waals surface area contributed by atoms with Gasteiger partial charge in [0.05, 0.1) is 6.61 Å². The number of anilines is 1. The molecule has 1 aromatic carbocycles. The van der Waals surface area contributed by atoms with Crippen LogP contribution in [0.5, 0.6) is 0 Å². The molecule has 1 aliphatic heterocycles. The predicted octanol–water partition coefficient (Wildman–Crippen LogP) is 2.98. The van der Waals surface area contributed by atoms with E-state index in [0.29, 0.717) is 24.0 Å². The molecule has 0 amide bonds. The molecule has 1 saturated heterocycles. The smallest absolute Gasteiger partial charge is 0.258 e. The van der Waals surface area contributed by atoms with Gasteiger partial charge < -0.3 is 15.0 Å². The van der Waals surface area contributed by atoms with Crippen LogP contribution in [0.3, 0.4) is 0 Å². The Labute approximate surface area is 119 Å². The van der Waals surface area contributed by atoms with Crippen molar-refractivity contribution in [2.24, 2.45) is 0 Å². The van der Waals surface area contributed by atoms with Crippen LogP contribution in [-0.2, 0) is 4.74 Å². The van der Waals surface area contributed by atoms with Gasteiger partial charge in [-0.25, -0.2) is 0 Å². The van der Waals surface area contributed by atoms with E-state index in [2.05, 4.69) is 26.1 Å². The van der Waals surface area contributed by atoms with Gasteiger partial charge in [0.2, 0.25) is 0 Å². The van der Waals surface area contributed by atoms with Crippen molar-refractivity contribution >= 4 is 21.6 Å². The minimum Gasteiger partial charge on any atom is -0.399 e. The Morgan fingerprint density at radius 3 is 2.95 bits per heavy atom. The number of nitrogens with two attached hydrogens (primary N) is 1. The molecular weight excluding hydrogens is 310 g/mol. The van der Waals surface area contributed by atoms with Crippen LogP contribution < -0.4 is 5.73 Å². The average Bonchev–Trinajstić information content (AvgIpc) is 2.88. The molecule has 0 spiro atoms. The maximum absolute atomic E-state index is 5.81. The molecule has 0 bridgehead atoms. The van der Waals surface area contributed by atoms with Crippen LogP contribution in [0, 0.1) is 0 Å². The van der Waals surface area contributed by atoms with E-state index in [4.69, 9.17) is 15.0 Å². The van der Waals surface area contributed by atoms with Gasteiger partial charge >= 0.3 is 0 Å². The monoisotopic (exact) mass is 323 g/mol. The van der Waals surface area contributed by atoms with E-state index in [9.17, 15) is 0 Å². The molecule has 1 atom stereocenters. The number of rotatable bonds is 2. The van der Waals surface area contributed by atoms with E-state index in [0.717, 1.165) is 29.5 Å². The topological polar surface area (TPSA) is 74.2 Å². The summed E-state index contributed by atoms with van der Waals surface area (Å²) in [4.78, 5) is 4.45. The summed E-state index contributed by atoms with van der Waals surface area (Å²) in [6.45, 7) is 1.49. The van der Waals surface area contributed by atoms with Crippen molar-refractivity contribution in [1.82, 2.24) is 10.1 Å². The molecule has 1 unspecified atom stereocenters. The van der Waals surface area contributed by atoms with Gasteiger partial charge in [0.15, 0.2) is 5.82 Å². The lowest BCUT2D eigenvalue weighted by atomic mass is 10.0. The summed E-state index contributed by atoms with van der Waals surface area (Å²) in [6.07, 6.45) is 2.08. The highest BCUT2D eigenvalue weighted by Crippen LogP contribution is 2.28. The Hall–Kier alpha value is -1.40. The zero-order valence-corrected chi connectivity index (χ0v) is 11.9. The summed E-state index contributed by atoms with van der Waals surface area (Å²) in [5.41, 5.74) is 7.29. The Morgan fingerprint density at radius 2 is 2.21 bits per heavy atom. The van der Waals surface area contributed by atoms with Crippen LogP contribution >= 0.6 is 15.9 Å². The zero-order valence-electron chi connectivity index (χ0n) is 10.3. The van der Waals surface area contributed by atoms with E-state index in [-0.39, 0.29) is 5.92 Å².